The third-order valence-electron chi connectivity index (χ3n) is 4.52. The van der Waals surface area contributed by atoms with Gasteiger partial charge in [-0.3, -0.25) is 4.79 Å². The number of carbonyl (C=O) groups excluding carboxylic acids is 1. The predicted molar refractivity (Wildman–Crippen MR) is 105 cm³/mol. The summed E-state index contributed by atoms with van der Waals surface area (Å²) in [5.41, 5.74) is 2.93. The Morgan fingerprint density at radius 2 is 2.04 bits per heavy atom. The number of rotatable bonds is 4. The minimum absolute atomic E-state index is 0.211. The molecule has 1 aromatic carbocycles. The lowest BCUT2D eigenvalue weighted by molar-refractivity contribution is 0.102. The summed E-state index contributed by atoms with van der Waals surface area (Å²) in [7, 11) is 0. The first-order valence-corrected chi connectivity index (χ1v) is 9.94. The summed E-state index contributed by atoms with van der Waals surface area (Å²) in [5.74, 6) is 0.704. The number of benzene rings is 1. The van der Waals surface area contributed by atoms with Gasteiger partial charge in [0.05, 0.1) is 11.9 Å². The average Bonchev–Trinajstić information content (AvgIpc) is 3.30. The van der Waals surface area contributed by atoms with Gasteiger partial charge in [0.2, 0.25) is 0 Å². The molecule has 1 aliphatic heterocycles. The van der Waals surface area contributed by atoms with Gasteiger partial charge in [-0.1, -0.05) is 6.07 Å². The summed E-state index contributed by atoms with van der Waals surface area (Å²) in [6.07, 6.45) is 6.22. The van der Waals surface area contributed by atoms with Crippen molar-refractivity contribution in [3.8, 4) is 0 Å². The summed E-state index contributed by atoms with van der Waals surface area (Å²) >= 11 is 1.64. The molecule has 3 aromatic rings. The highest BCUT2D eigenvalue weighted by atomic mass is 32.2. The van der Waals surface area contributed by atoms with Crippen molar-refractivity contribution in [3.63, 3.8) is 0 Å². The molecule has 6 nitrogen and oxygen atoms in total. The Morgan fingerprint density at radius 1 is 1.23 bits per heavy atom. The second-order valence-corrected chi connectivity index (χ2v) is 7.33. The smallest absolute Gasteiger partial charge is 0.276 e. The van der Waals surface area contributed by atoms with E-state index < -0.39 is 0 Å². The van der Waals surface area contributed by atoms with Crippen LogP contribution in [-0.2, 0) is 0 Å². The van der Waals surface area contributed by atoms with Gasteiger partial charge < -0.3 is 10.2 Å². The SMILES string of the molecule is CSc1cccc(NC(=O)c2cc3c(N4CCCC4)nc(C)cn3n2)c1. The van der Waals surface area contributed by atoms with Gasteiger partial charge in [-0.25, -0.2) is 9.50 Å². The number of anilines is 2. The second-order valence-electron chi connectivity index (χ2n) is 6.45. The molecule has 1 amide bonds. The molecule has 0 radical (unpaired) electrons. The normalized spacial score (nSPS) is 14.2. The zero-order valence-electron chi connectivity index (χ0n) is 14.9. The van der Waals surface area contributed by atoms with Crippen LogP contribution >= 0.6 is 11.8 Å². The summed E-state index contributed by atoms with van der Waals surface area (Å²) < 4.78 is 1.77. The molecule has 0 unspecified atom stereocenters. The summed E-state index contributed by atoms with van der Waals surface area (Å²) in [6.45, 7) is 3.95. The van der Waals surface area contributed by atoms with Crippen molar-refractivity contribution in [2.75, 3.05) is 29.6 Å². The molecular weight excluding hydrogens is 346 g/mol. The largest absolute Gasteiger partial charge is 0.355 e. The number of thioether (sulfide) groups is 1. The molecule has 1 saturated heterocycles. The second kappa shape index (κ2) is 6.99. The van der Waals surface area contributed by atoms with E-state index >= 15 is 0 Å². The molecule has 0 saturated carbocycles. The molecule has 7 heteroatoms. The number of hydrogen-bond acceptors (Lipinski definition) is 5. The zero-order chi connectivity index (χ0) is 18.1. The van der Waals surface area contributed by atoms with Crippen molar-refractivity contribution in [2.24, 2.45) is 0 Å². The molecular formula is C19H21N5OS. The van der Waals surface area contributed by atoms with Crippen molar-refractivity contribution >= 4 is 34.7 Å². The fraction of sp³-hybridized carbons (Fsp3) is 0.316. The highest BCUT2D eigenvalue weighted by Gasteiger charge is 2.20. The van der Waals surface area contributed by atoms with Crippen LogP contribution in [0.15, 0.2) is 41.4 Å². The first-order chi connectivity index (χ1) is 12.6. The van der Waals surface area contributed by atoms with E-state index in [0.29, 0.717) is 5.69 Å². The fourth-order valence-corrected chi connectivity index (χ4v) is 3.72. The van der Waals surface area contributed by atoms with E-state index in [4.69, 9.17) is 4.98 Å². The Bertz CT molecular complexity index is 962. The van der Waals surface area contributed by atoms with Crippen molar-refractivity contribution in [1.29, 1.82) is 0 Å². The molecule has 26 heavy (non-hydrogen) atoms. The minimum Gasteiger partial charge on any atom is -0.355 e. The summed E-state index contributed by atoms with van der Waals surface area (Å²) in [6, 6.07) is 9.62. The Morgan fingerprint density at radius 3 is 2.81 bits per heavy atom. The standard InChI is InChI=1S/C19H21N5OS/c1-13-12-24-17(18(20-13)23-8-3-4-9-23)11-16(22-24)19(25)21-14-6-5-7-15(10-14)26-2/h5-7,10-12H,3-4,8-9H2,1-2H3,(H,21,25). The lowest BCUT2D eigenvalue weighted by Gasteiger charge is -2.17. The van der Waals surface area contributed by atoms with Gasteiger partial charge >= 0.3 is 0 Å². The fourth-order valence-electron chi connectivity index (χ4n) is 3.26. The molecule has 0 spiro atoms. The van der Waals surface area contributed by atoms with Gasteiger partial charge in [0, 0.05) is 29.7 Å². The number of amides is 1. The zero-order valence-corrected chi connectivity index (χ0v) is 15.7. The van der Waals surface area contributed by atoms with Gasteiger partial charge in [-0.15, -0.1) is 11.8 Å². The third kappa shape index (κ3) is 3.26. The lowest BCUT2D eigenvalue weighted by atomic mass is 10.3. The Balaban J connectivity index is 1.66. The number of fused-ring (bicyclic) bond motifs is 1. The number of nitrogens with one attached hydrogen (secondary N) is 1. The number of hydrogen-bond donors (Lipinski definition) is 1. The van der Waals surface area contributed by atoms with Gasteiger partial charge in [0.1, 0.15) is 5.52 Å². The van der Waals surface area contributed by atoms with Crippen molar-refractivity contribution in [3.05, 3.63) is 47.9 Å². The highest BCUT2D eigenvalue weighted by Crippen LogP contribution is 2.25. The third-order valence-corrected chi connectivity index (χ3v) is 5.25. The molecule has 0 bridgehead atoms. The van der Waals surface area contributed by atoms with E-state index in [9.17, 15) is 4.79 Å². The van der Waals surface area contributed by atoms with Gasteiger partial charge in [0.25, 0.3) is 5.91 Å². The quantitative estimate of drug-likeness (QED) is 0.714. The van der Waals surface area contributed by atoms with Gasteiger partial charge in [0.15, 0.2) is 11.5 Å². The maximum Gasteiger partial charge on any atom is 0.276 e. The van der Waals surface area contributed by atoms with Crippen LogP contribution in [0.4, 0.5) is 11.5 Å². The minimum atomic E-state index is -0.211. The van der Waals surface area contributed by atoms with Crippen LogP contribution in [0.3, 0.4) is 0 Å². The van der Waals surface area contributed by atoms with Crippen LogP contribution in [0.2, 0.25) is 0 Å². The molecule has 0 aliphatic carbocycles. The van der Waals surface area contributed by atoms with E-state index in [0.717, 1.165) is 40.7 Å². The molecule has 4 rings (SSSR count). The van der Waals surface area contributed by atoms with Crippen LogP contribution < -0.4 is 10.2 Å². The molecule has 134 valence electrons. The number of nitrogens with zero attached hydrogens (tertiary/aromatic N) is 4. The van der Waals surface area contributed by atoms with Crippen LogP contribution in [0.5, 0.6) is 0 Å². The van der Waals surface area contributed by atoms with Crippen LogP contribution in [0.1, 0.15) is 29.0 Å². The molecule has 1 fully saturated rings. The molecule has 2 aromatic heterocycles. The van der Waals surface area contributed by atoms with Gasteiger partial charge in [-0.05, 0) is 44.2 Å². The maximum absolute atomic E-state index is 12.7. The van der Waals surface area contributed by atoms with Crippen LogP contribution in [0, 0.1) is 6.92 Å². The predicted octanol–water partition coefficient (Wildman–Crippen LogP) is 3.61. The molecule has 1 aliphatic rings. The number of aryl methyl sites for hydroxylation is 1. The Hall–Kier alpha value is -2.54. The monoisotopic (exact) mass is 367 g/mol. The number of carbonyl (C=O) groups is 1. The van der Waals surface area contributed by atoms with E-state index in [2.05, 4.69) is 15.3 Å². The highest BCUT2D eigenvalue weighted by molar-refractivity contribution is 7.98. The van der Waals surface area contributed by atoms with E-state index in [1.807, 2.05) is 49.7 Å². The van der Waals surface area contributed by atoms with Gasteiger partial charge in [-0.2, -0.15) is 5.10 Å². The summed E-state index contributed by atoms with van der Waals surface area (Å²) in [5, 5.41) is 7.41. The summed E-state index contributed by atoms with van der Waals surface area (Å²) in [4.78, 5) is 20.7. The molecule has 0 atom stereocenters. The van der Waals surface area contributed by atoms with E-state index in [-0.39, 0.29) is 5.91 Å². The first kappa shape index (κ1) is 16.9. The van der Waals surface area contributed by atoms with Crippen molar-refractivity contribution < 1.29 is 4.79 Å². The van der Waals surface area contributed by atoms with Crippen LogP contribution in [-0.4, -0.2) is 39.9 Å². The average molecular weight is 367 g/mol. The Kier molecular flexibility index (Phi) is 4.55. The van der Waals surface area contributed by atoms with E-state index in [1.54, 1.807) is 16.3 Å². The van der Waals surface area contributed by atoms with Crippen molar-refractivity contribution in [1.82, 2.24) is 14.6 Å². The maximum atomic E-state index is 12.7. The number of aromatic nitrogens is 3. The molecule has 3 heterocycles. The lowest BCUT2D eigenvalue weighted by Crippen LogP contribution is -2.20. The topological polar surface area (TPSA) is 62.5 Å². The van der Waals surface area contributed by atoms with Crippen LogP contribution in [0.25, 0.3) is 5.52 Å². The van der Waals surface area contributed by atoms with E-state index in [1.165, 1.54) is 12.8 Å². The molecule has 1 N–H and O–H groups in total. The Labute approximate surface area is 156 Å². The first-order valence-electron chi connectivity index (χ1n) is 8.71. The van der Waals surface area contributed by atoms with Crippen molar-refractivity contribution in [2.45, 2.75) is 24.7 Å².